The van der Waals surface area contributed by atoms with Crippen LogP contribution in [-0.2, 0) is 6.54 Å². The summed E-state index contributed by atoms with van der Waals surface area (Å²) in [5.74, 6) is 0.213. The lowest BCUT2D eigenvalue weighted by molar-refractivity contribution is 0.0941. The fourth-order valence-corrected chi connectivity index (χ4v) is 1.94. The van der Waals surface area contributed by atoms with Crippen LogP contribution >= 0.6 is 12.2 Å². The zero-order valence-corrected chi connectivity index (χ0v) is 13.3. The van der Waals surface area contributed by atoms with Crippen molar-refractivity contribution >= 4 is 23.2 Å². The van der Waals surface area contributed by atoms with Gasteiger partial charge in [-0.2, -0.15) is 0 Å². The number of rotatable bonds is 4. The van der Waals surface area contributed by atoms with E-state index in [-0.39, 0.29) is 16.4 Å². The van der Waals surface area contributed by atoms with Gasteiger partial charge in [0.25, 0.3) is 5.91 Å². The third kappa shape index (κ3) is 4.86. The van der Waals surface area contributed by atoms with Crippen LogP contribution in [0, 0.1) is 0 Å². The number of aromatic hydroxyl groups is 1. The minimum Gasteiger partial charge on any atom is -0.507 e. The summed E-state index contributed by atoms with van der Waals surface area (Å²) in [5, 5.41) is 12.8. The highest BCUT2D eigenvalue weighted by molar-refractivity contribution is 7.80. The number of phenols is 1. The van der Waals surface area contributed by atoms with E-state index in [1.165, 1.54) is 12.1 Å². The molecule has 0 radical (unpaired) electrons. The Kier molecular flexibility index (Phi) is 5.76. The van der Waals surface area contributed by atoms with E-state index in [0.717, 1.165) is 11.3 Å². The van der Waals surface area contributed by atoms with Crippen molar-refractivity contribution in [2.75, 3.05) is 7.11 Å². The first kappa shape index (κ1) is 16.6. The van der Waals surface area contributed by atoms with Crippen LogP contribution in [0.25, 0.3) is 0 Å². The van der Waals surface area contributed by atoms with Gasteiger partial charge in [0.15, 0.2) is 5.11 Å². The molecule has 4 N–H and O–H groups in total. The van der Waals surface area contributed by atoms with Gasteiger partial charge in [-0.1, -0.05) is 24.3 Å². The number of thiocarbonyl (C=S) groups is 1. The van der Waals surface area contributed by atoms with E-state index < -0.39 is 5.91 Å². The fourth-order valence-electron chi connectivity index (χ4n) is 1.82. The number of hydrogen-bond acceptors (Lipinski definition) is 4. The summed E-state index contributed by atoms with van der Waals surface area (Å²) in [6, 6.07) is 13.8. The Labute approximate surface area is 139 Å². The first-order valence-electron chi connectivity index (χ1n) is 6.85. The van der Waals surface area contributed by atoms with Crippen LogP contribution in [0.5, 0.6) is 11.5 Å². The standard InChI is InChI=1S/C16H17N3O3S/c1-22-12-8-6-11(7-9-12)10-17-16(23)19-18-15(21)13-4-2-3-5-14(13)20/h2-9,20H,10H2,1H3,(H,18,21)(H2,17,19,23). The number of hydrazine groups is 1. The van der Waals surface area contributed by atoms with Crippen molar-refractivity contribution in [3.8, 4) is 11.5 Å². The molecule has 120 valence electrons. The van der Waals surface area contributed by atoms with Gasteiger partial charge >= 0.3 is 0 Å². The summed E-state index contributed by atoms with van der Waals surface area (Å²) in [5.41, 5.74) is 6.19. The molecule has 0 aliphatic heterocycles. The number of nitrogens with one attached hydrogen (secondary N) is 3. The van der Waals surface area contributed by atoms with E-state index in [1.807, 2.05) is 24.3 Å². The number of hydrogen-bond donors (Lipinski definition) is 4. The molecule has 0 bridgehead atoms. The summed E-state index contributed by atoms with van der Waals surface area (Å²) >= 11 is 5.08. The van der Waals surface area contributed by atoms with Crippen LogP contribution in [0.3, 0.4) is 0 Å². The predicted octanol–water partition coefficient (Wildman–Crippen LogP) is 1.71. The summed E-state index contributed by atoms with van der Waals surface area (Å²) in [7, 11) is 1.61. The number of carbonyl (C=O) groups is 1. The van der Waals surface area contributed by atoms with Crippen LogP contribution in [0.15, 0.2) is 48.5 Å². The quantitative estimate of drug-likeness (QED) is 0.504. The topological polar surface area (TPSA) is 82.6 Å². The first-order chi connectivity index (χ1) is 11.1. The largest absolute Gasteiger partial charge is 0.507 e. The van der Waals surface area contributed by atoms with Gasteiger partial charge in [-0.25, -0.2) is 0 Å². The van der Waals surface area contributed by atoms with Gasteiger partial charge in [0.1, 0.15) is 11.5 Å². The van der Waals surface area contributed by atoms with Crippen molar-refractivity contribution in [3.05, 3.63) is 59.7 Å². The maximum Gasteiger partial charge on any atom is 0.273 e. The zero-order chi connectivity index (χ0) is 16.7. The highest BCUT2D eigenvalue weighted by atomic mass is 32.1. The average molecular weight is 331 g/mol. The van der Waals surface area contributed by atoms with E-state index in [2.05, 4.69) is 16.2 Å². The third-order valence-electron chi connectivity index (χ3n) is 3.05. The van der Waals surface area contributed by atoms with Gasteiger partial charge in [0.05, 0.1) is 12.7 Å². The van der Waals surface area contributed by atoms with Crippen molar-refractivity contribution in [1.29, 1.82) is 0 Å². The first-order valence-corrected chi connectivity index (χ1v) is 7.26. The number of phenolic OH excluding ortho intramolecular Hbond substituents is 1. The SMILES string of the molecule is COc1ccc(CNC(=S)NNC(=O)c2ccccc2O)cc1. The molecule has 7 heteroatoms. The molecule has 0 spiro atoms. The molecule has 0 aromatic heterocycles. The molecule has 6 nitrogen and oxygen atoms in total. The molecule has 2 aromatic carbocycles. The van der Waals surface area contributed by atoms with Crippen LogP contribution in [0.2, 0.25) is 0 Å². The minimum atomic E-state index is -0.475. The second kappa shape index (κ2) is 8.00. The van der Waals surface area contributed by atoms with Gasteiger partial charge < -0.3 is 15.2 Å². The molecular weight excluding hydrogens is 314 g/mol. The van der Waals surface area contributed by atoms with E-state index in [0.29, 0.717) is 6.54 Å². The molecule has 0 aliphatic carbocycles. The van der Waals surface area contributed by atoms with Crippen LogP contribution < -0.4 is 20.9 Å². The van der Waals surface area contributed by atoms with E-state index >= 15 is 0 Å². The van der Waals surface area contributed by atoms with Crippen LogP contribution in [0.4, 0.5) is 0 Å². The lowest BCUT2D eigenvalue weighted by Crippen LogP contribution is -2.46. The predicted molar refractivity (Wildman–Crippen MR) is 91.1 cm³/mol. The molecule has 0 saturated carbocycles. The van der Waals surface area contributed by atoms with Crippen LogP contribution in [-0.4, -0.2) is 23.2 Å². The Morgan fingerprint density at radius 3 is 2.48 bits per heavy atom. The highest BCUT2D eigenvalue weighted by Gasteiger charge is 2.09. The number of amides is 1. The Morgan fingerprint density at radius 1 is 1.13 bits per heavy atom. The van der Waals surface area contributed by atoms with Crippen LogP contribution in [0.1, 0.15) is 15.9 Å². The molecule has 0 atom stereocenters. The van der Waals surface area contributed by atoms with Gasteiger partial charge in [-0.3, -0.25) is 15.6 Å². The van der Waals surface area contributed by atoms with E-state index in [1.54, 1.807) is 19.2 Å². The fraction of sp³-hybridized carbons (Fsp3) is 0.125. The lowest BCUT2D eigenvalue weighted by Gasteiger charge is -2.12. The lowest BCUT2D eigenvalue weighted by atomic mass is 10.2. The maximum absolute atomic E-state index is 11.9. The number of benzene rings is 2. The minimum absolute atomic E-state index is 0.0936. The Bertz CT molecular complexity index is 689. The van der Waals surface area contributed by atoms with Gasteiger partial charge in [0, 0.05) is 6.54 Å². The van der Waals surface area contributed by atoms with Crippen molar-refractivity contribution < 1.29 is 14.6 Å². The summed E-state index contributed by atoms with van der Waals surface area (Å²) in [6.45, 7) is 0.502. The summed E-state index contributed by atoms with van der Waals surface area (Å²) in [4.78, 5) is 11.9. The van der Waals surface area contributed by atoms with Crippen molar-refractivity contribution in [2.24, 2.45) is 0 Å². The van der Waals surface area contributed by atoms with Crippen molar-refractivity contribution in [3.63, 3.8) is 0 Å². The third-order valence-corrected chi connectivity index (χ3v) is 3.30. The molecular formula is C16H17N3O3S. The normalized spacial score (nSPS) is 9.78. The molecule has 1 amide bonds. The second-order valence-corrected chi connectivity index (χ2v) is 5.04. The zero-order valence-electron chi connectivity index (χ0n) is 12.5. The van der Waals surface area contributed by atoms with Crippen molar-refractivity contribution in [1.82, 2.24) is 16.2 Å². The van der Waals surface area contributed by atoms with E-state index in [9.17, 15) is 9.90 Å². The van der Waals surface area contributed by atoms with Gasteiger partial charge in [-0.15, -0.1) is 0 Å². The molecule has 0 heterocycles. The molecule has 23 heavy (non-hydrogen) atoms. The Hall–Kier alpha value is -2.80. The number of methoxy groups -OCH3 is 1. The maximum atomic E-state index is 11.9. The molecule has 0 fully saturated rings. The number of para-hydroxylation sites is 1. The summed E-state index contributed by atoms with van der Waals surface area (Å²) in [6.07, 6.45) is 0. The smallest absolute Gasteiger partial charge is 0.273 e. The van der Waals surface area contributed by atoms with Gasteiger partial charge in [-0.05, 0) is 42.0 Å². The summed E-state index contributed by atoms with van der Waals surface area (Å²) < 4.78 is 5.08. The van der Waals surface area contributed by atoms with Crippen molar-refractivity contribution in [2.45, 2.75) is 6.54 Å². The second-order valence-electron chi connectivity index (χ2n) is 4.63. The Morgan fingerprint density at radius 2 is 1.83 bits per heavy atom. The molecule has 2 rings (SSSR count). The average Bonchev–Trinajstić information content (AvgIpc) is 2.58. The van der Waals surface area contributed by atoms with E-state index in [4.69, 9.17) is 17.0 Å². The molecule has 0 saturated heterocycles. The monoisotopic (exact) mass is 331 g/mol. The number of carbonyl (C=O) groups excluding carboxylic acids is 1. The molecule has 0 unspecified atom stereocenters. The highest BCUT2D eigenvalue weighted by Crippen LogP contribution is 2.14. The molecule has 2 aromatic rings. The molecule has 0 aliphatic rings. The number of ether oxygens (including phenoxy) is 1. The van der Waals surface area contributed by atoms with Gasteiger partial charge in [0.2, 0.25) is 0 Å². The Balaban J connectivity index is 1.78.